The van der Waals surface area contributed by atoms with E-state index >= 15 is 0 Å². The van der Waals surface area contributed by atoms with Crippen molar-refractivity contribution >= 4 is 23.4 Å². The number of hydrogen-bond acceptors (Lipinski definition) is 4. The summed E-state index contributed by atoms with van der Waals surface area (Å²) in [4.78, 5) is 28.6. The molecule has 0 aliphatic carbocycles. The van der Waals surface area contributed by atoms with Crippen molar-refractivity contribution in [3.8, 4) is 11.5 Å². The van der Waals surface area contributed by atoms with E-state index in [4.69, 9.17) is 21.1 Å². The van der Waals surface area contributed by atoms with Gasteiger partial charge in [0, 0.05) is 37.3 Å². The van der Waals surface area contributed by atoms with Gasteiger partial charge < -0.3 is 19.3 Å². The molecule has 0 saturated carbocycles. The zero-order valence-electron chi connectivity index (χ0n) is 14.3. The van der Waals surface area contributed by atoms with E-state index in [1.54, 1.807) is 21.9 Å². The van der Waals surface area contributed by atoms with Crippen LogP contribution in [0.5, 0.6) is 11.5 Å². The van der Waals surface area contributed by atoms with Gasteiger partial charge in [-0.25, -0.2) is 4.39 Å². The maximum atomic E-state index is 13.0. The number of carbonyl (C=O) groups is 2. The van der Waals surface area contributed by atoms with E-state index in [1.807, 2.05) is 0 Å². The standard InChI is InChI=1S/C19H16ClFN2O4/c20-15-9-13(10-16-17(15)27-11-26-16)19(25)23-7-5-22(6-8-23)18(24)12-1-3-14(21)4-2-12/h1-4,9-10H,5-8,11H2. The second-order valence-electron chi connectivity index (χ2n) is 6.28. The van der Waals surface area contributed by atoms with Gasteiger partial charge in [-0.3, -0.25) is 9.59 Å². The zero-order chi connectivity index (χ0) is 19.0. The van der Waals surface area contributed by atoms with E-state index in [2.05, 4.69) is 0 Å². The Labute approximate surface area is 160 Å². The molecule has 0 spiro atoms. The molecule has 2 aliphatic heterocycles. The van der Waals surface area contributed by atoms with E-state index in [-0.39, 0.29) is 24.4 Å². The van der Waals surface area contributed by atoms with Gasteiger partial charge >= 0.3 is 0 Å². The summed E-state index contributed by atoms with van der Waals surface area (Å²) in [7, 11) is 0. The summed E-state index contributed by atoms with van der Waals surface area (Å²) in [6.45, 7) is 1.69. The minimum absolute atomic E-state index is 0.0802. The highest BCUT2D eigenvalue weighted by Gasteiger charge is 2.27. The molecule has 0 aromatic heterocycles. The van der Waals surface area contributed by atoms with Crippen LogP contribution in [0.25, 0.3) is 0 Å². The van der Waals surface area contributed by atoms with Crippen molar-refractivity contribution in [3.05, 3.63) is 58.4 Å². The molecule has 2 aromatic carbocycles. The number of amides is 2. The highest BCUT2D eigenvalue weighted by molar-refractivity contribution is 6.32. The SMILES string of the molecule is O=C(c1ccc(F)cc1)N1CCN(C(=O)c2cc(Cl)c3c(c2)OCO3)CC1. The topological polar surface area (TPSA) is 59.1 Å². The normalized spacial score (nSPS) is 15.8. The van der Waals surface area contributed by atoms with Crippen LogP contribution in [0.3, 0.4) is 0 Å². The molecule has 1 saturated heterocycles. The average molecular weight is 391 g/mol. The summed E-state index contributed by atoms with van der Waals surface area (Å²) < 4.78 is 23.6. The van der Waals surface area contributed by atoms with Gasteiger partial charge in [0.2, 0.25) is 6.79 Å². The van der Waals surface area contributed by atoms with Crippen molar-refractivity contribution in [1.82, 2.24) is 9.80 Å². The Bertz CT molecular complexity index is 895. The predicted octanol–water partition coefficient (Wildman–Crippen LogP) is 2.81. The van der Waals surface area contributed by atoms with E-state index < -0.39 is 0 Å². The van der Waals surface area contributed by atoms with Crippen LogP contribution < -0.4 is 9.47 Å². The number of benzene rings is 2. The fraction of sp³-hybridized carbons (Fsp3) is 0.263. The van der Waals surface area contributed by atoms with Crippen molar-refractivity contribution in [2.24, 2.45) is 0 Å². The molecule has 4 rings (SSSR count). The van der Waals surface area contributed by atoms with E-state index in [0.29, 0.717) is 53.8 Å². The summed E-state index contributed by atoms with van der Waals surface area (Å²) in [5.41, 5.74) is 0.848. The summed E-state index contributed by atoms with van der Waals surface area (Å²) in [6.07, 6.45) is 0. The summed E-state index contributed by atoms with van der Waals surface area (Å²) in [6, 6.07) is 8.63. The number of halogens is 2. The molecule has 0 bridgehead atoms. The van der Waals surface area contributed by atoms with Gasteiger partial charge in [0.15, 0.2) is 11.5 Å². The Morgan fingerprint density at radius 3 is 2.11 bits per heavy atom. The number of piperazine rings is 1. The van der Waals surface area contributed by atoms with Gasteiger partial charge in [-0.15, -0.1) is 0 Å². The van der Waals surface area contributed by atoms with Gasteiger partial charge in [0.05, 0.1) is 5.02 Å². The number of fused-ring (bicyclic) bond motifs is 1. The highest BCUT2D eigenvalue weighted by atomic mass is 35.5. The summed E-state index contributed by atoms with van der Waals surface area (Å²) in [5.74, 6) is 0.167. The van der Waals surface area contributed by atoms with Crippen LogP contribution >= 0.6 is 11.6 Å². The average Bonchev–Trinajstić information content (AvgIpc) is 3.17. The monoisotopic (exact) mass is 390 g/mol. The van der Waals surface area contributed by atoms with Crippen molar-refractivity contribution in [2.45, 2.75) is 0 Å². The maximum Gasteiger partial charge on any atom is 0.254 e. The zero-order valence-corrected chi connectivity index (χ0v) is 15.0. The Kier molecular flexibility index (Phi) is 4.61. The molecule has 6 nitrogen and oxygen atoms in total. The van der Waals surface area contributed by atoms with Crippen molar-refractivity contribution in [1.29, 1.82) is 0 Å². The number of hydrogen-bond donors (Lipinski definition) is 0. The molecule has 140 valence electrons. The molecule has 0 radical (unpaired) electrons. The smallest absolute Gasteiger partial charge is 0.254 e. The lowest BCUT2D eigenvalue weighted by atomic mass is 10.1. The molecule has 0 unspecified atom stereocenters. The van der Waals surface area contributed by atoms with Gasteiger partial charge in [0.1, 0.15) is 5.82 Å². The van der Waals surface area contributed by atoms with Crippen LogP contribution in [0, 0.1) is 5.82 Å². The molecule has 0 N–H and O–H groups in total. The lowest BCUT2D eigenvalue weighted by Gasteiger charge is -2.35. The number of nitrogens with zero attached hydrogens (tertiary/aromatic N) is 2. The number of rotatable bonds is 2. The van der Waals surface area contributed by atoms with Crippen molar-refractivity contribution in [3.63, 3.8) is 0 Å². The first-order valence-corrected chi connectivity index (χ1v) is 8.84. The van der Waals surface area contributed by atoms with Crippen LogP contribution in [0.1, 0.15) is 20.7 Å². The van der Waals surface area contributed by atoms with E-state index in [1.165, 1.54) is 24.3 Å². The molecule has 27 heavy (non-hydrogen) atoms. The minimum atomic E-state index is -0.385. The largest absolute Gasteiger partial charge is 0.454 e. The molecule has 8 heteroatoms. The third kappa shape index (κ3) is 3.42. The number of ether oxygens (including phenoxy) is 2. The maximum absolute atomic E-state index is 13.0. The van der Waals surface area contributed by atoms with Crippen LogP contribution in [-0.4, -0.2) is 54.6 Å². The molecule has 2 aliphatic rings. The van der Waals surface area contributed by atoms with Crippen LogP contribution in [0.2, 0.25) is 5.02 Å². The second-order valence-corrected chi connectivity index (χ2v) is 6.69. The quantitative estimate of drug-likeness (QED) is 0.791. The first-order chi connectivity index (χ1) is 13.0. The molecule has 2 aromatic rings. The summed E-state index contributed by atoms with van der Waals surface area (Å²) in [5, 5.41) is 0.332. The van der Waals surface area contributed by atoms with Gasteiger partial charge in [-0.05, 0) is 36.4 Å². The second kappa shape index (κ2) is 7.08. The van der Waals surface area contributed by atoms with Gasteiger partial charge in [-0.1, -0.05) is 11.6 Å². The van der Waals surface area contributed by atoms with Crippen LogP contribution in [-0.2, 0) is 0 Å². The van der Waals surface area contributed by atoms with Crippen LogP contribution in [0.4, 0.5) is 4.39 Å². The lowest BCUT2D eigenvalue weighted by molar-refractivity contribution is 0.0535. The van der Waals surface area contributed by atoms with Gasteiger partial charge in [0.25, 0.3) is 11.8 Å². The van der Waals surface area contributed by atoms with Crippen molar-refractivity contribution in [2.75, 3.05) is 33.0 Å². The van der Waals surface area contributed by atoms with E-state index in [0.717, 1.165) is 0 Å². The summed E-state index contributed by atoms with van der Waals surface area (Å²) >= 11 is 6.15. The Morgan fingerprint density at radius 1 is 0.889 bits per heavy atom. The Balaban J connectivity index is 1.42. The molecular formula is C19H16ClFN2O4. The highest BCUT2D eigenvalue weighted by Crippen LogP contribution is 2.40. The van der Waals surface area contributed by atoms with Crippen LogP contribution in [0.15, 0.2) is 36.4 Å². The molecule has 2 amide bonds. The van der Waals surface area contributed by atoms with Gasteiger partial charge in [-0.2, -0.15) is 0 Å². The Morgan fingerprint density at radius 2 is 1.48 bits per heavy atom. The minimum Gasteiger partial charge on any atom is -0.454 e. The molecule has 1 fully saturated rings. The van der Waals surface area contributed by atoms with E-state index in [9.17, 15) is 14.0 Å². The molecule has 0 atom stereocenters. The fourth-order valence-electron chi connectivity index (χ4n) is 3.16. The first-order valence-electron chi connectivity index (χ1n) is 8.46. The Hall–Kier alpha value is -2.80. The van der Waals surface area contributed by atoms with Crippen molar-refractivity contribution < 1.29 is 23.5 Å². The lowest BCUT2D eigenvalue weighted by Crippen LogP contribution is -2.50. The fourth-order valence-corrected chi connectivity index (χ4v) is 3.43. The first kappa shape index (κ1) is 17.6. The molecule has 2 heterocycles. The third-order valence-electron chi connectivity index (χ3n) is 4.62. The number of carbonyl (C=O) groups excluding carboxylic acids is 2. The predicted molar refractivity (Wildman–Crippen MR) is 95.8 cm³/mol. The third-order valence-corrected chi connectivity index (χ3v) is 4.90. The molecular weight excluding hydrogens is 375 g/mol.